The van der Waals surface area contributed by atoms with E-state index in [1.54, 1.807) is 0 Å². The third-order valence-corrected chi connectivity index (χ3v) is 2.28. The van der Waals surface area contributed by atoms with Crippen LogP contribution in [0.1, 0.15) is 26.7 Å². The highest BCUT2D eigenvalue weighted by Crippen LogP contribution is 2.15. The minimum atomic E-state index is 0.449. The molecule has 2 heteroatoms. The lowest BCUT2D eigenvalue weighted by Crippen LogP contribution is -2.16. The van der Waals surface area contributed by atoms with Crippen LogP contribution in [0.15, 0.2) is 0 Å². The van der Waals surface area contributed by atoms with Crippen LogP contribution >= 0.6 is 0 Å². The second kappa shape index (κ2) is 4.73. The monoisotopic (exact) mass is 157 g/mol. The SMILES string of the molecule is CCOC(C)CC1CCNC1. The number of hydrogen-bond donors (Lipinski definition) is 1. The van der Waals surface area contributed by atoms with Crippen LogP contribution in [0, 0.1) is 5.92 Å². The number of ether oxygens (including phenoxy) is 1. The minimum Gasteiger partial charge on any atom is -0.379 e. The predicted octanol–water partition coefficient (Wildman–Crippen LogP) is 1.41. The van der Waals surface area contributed by atoms with Gasteiger partial charge in [0.2, 0.25) is 0 Å². The summed E-state index contributed by atoms with van der Waals surface area (Å²) in [5, 5.41) is 3.36. The maximum Gasteiger partial charge on any atom is 0.0550 e. The van der Waals surface area contributed by atoms with Gasteiger partial charge in [-0.05, 0) is 45.7 Å². The fourth-order valence-electron chi connectivity index (χ4n) is 1.74. The van der Waals surface area contributed by atoms with Gasteiger partial charge in [0.1, 0.15) is 0 Å². The normalized spacial score (nSPS) is 27.3. The Hall–Kier alpha value is -0.0800. The highest BCUT2D eigenvalue weighted by molar-refractivity contribution is 4.73. The van der Waals surface area contributed by atoms with Crippen molar-refractivity contribution in [2.75, 3.05) is 19.7 Å². The molecule has 0 aromatic carbocycles. The Morgan fingerprint density at radius 3 is 3.00 bits per heavy atom. The van der Waals surface area contributed by atoms with Crippen molar-refractivity contribution in [2.45, 2.75) is 32.8 Å². The Morgan fingerprint density at radius 1 is 1.64 bits per heavy atom. The van der Waals surface area contributed by atoms with E-state index in [4.69, 9.17) is 4.74 Å². The first-order chi connectivity index (χ1) is 5.33. The molecule has 1 aliphatic rings. The van der Waals surface area contributed by atoms with Gasteiger partial charge in [-0.15, -0.1) is 0 Å². The van der Waals surface area contributed by atoms with Gasteiger partial charge in [-0.1, -0.05) is 0 Å². The van der Waals surface area contributed by atoms with E-state index < -0.39 is 0 Å². The quantitative estimate of drug-likeness (QED) is 0.666. The van der Waals surface area contributed by atoms with Gasteiger partial charge in [-0.2, -0.15) is 0 Å². The molecule has 0 aromatic heterocycles. The Bertz CT molecular complexity index is 99.7. The average molecular weight is 157 g/mol. The molecule has 1 N–H and O–H groups in total. The molecule has 0 radical (unpaired) electrons. The molecule has 1 fully saturated rings. The van der Waals surface area contributed by atoms with Crippen LogP contribution in [0.2, 0.25) is 0 Å². The van der Waals surface area contributed by atoms with Gasteiger partial charge < -0.3 is 10.1 Å². The van der Waals surface area contributed by atoms with Gasteiger partial charge in [-0.25, -0.2) is 0 Å². The van der Waals surface area contributed by atoms with E-state index in [2.05, 4.69) is 19.2 Å². The van der Waals surface area contributed by atoms with Crippen LogP contribution < -0.4 is 5.32 Å². The van der Waals surface area contributed by atoms with Crippen LogP contribution in [0.4, 0.5) is 0 Å². The lowest BCUT2D eigenvalue weighted by atomic mass is 10.0. The summed E-state index contributed by atoms with van der Waals surface area (Å²) in [4.78, 5) is 0. The van der Waals surface area contributed by atoms with E-state index in [0.29, 0.717) is 6.10 Å². The molecular weight excluding hydrogens is 138 g/mol. The van der Waals surface area contributed by atoms with Gasteiger partial charge in [0.05, 0.1) is 6.10 Å². The molecule has 2 unspecified atom stereocenters. The molecule has 1 aliphatic heterocycles. The Balaban J connectivity index is 2.08. The van der Waals surface area contributed by atoms with Crippen LogP contribution in [0.3, 0.4) is 0 Å². The molecule has 11 heavy (non-hydrogen) atoms. The van der Waals surface area contributed by atoms with Crippen molar-refractivity contribution in [1.29, 1.82) is 0 Å². The molecule has 0 saturated carbocycles. The van der Waals surface area contributed by atoms with Gasteiger partial charge in [-0.3, -0.25) is 0 Å². The molecule has 2 atom stereocenters. The topological polar surface area (TPSA) is 21.3 Å². The summed E-state index contributed by atoms with van der Waals surface area (Å²) >= 11 is 0. The van der Waals surface area contributed by atoms with Crippen molar-refractivity contribution in [3.05, 3.63) is 0 Å². The summed E-state index contributed by atoms with van der Waals surface area (Å²) < 4.78 is 5.48. The minimum absolute atomic E-state index is 0.449. The van der Waals surface area contributed by atoms with Gasteiger partial charge in [0.15, 0.2) is 0 Å². The summed E-state index contributed by atoms with van der Waals surface area (Å²) in [5.41, 5.74) is 0. The molecular formula is C9H19NO. The molecule has 1 rings (SSSR count). The number of nitrogens with one attached hydrogen (secondary N) is 1. The maximum absolute atomic E-state index is 5.48. The molecule has 66 valence electrons. The average Bonchev–Trinajstić information content (AvgIpc) is 2.40. The van der Waals surface area contributed by atoms with Gasteiger partial charge >= 0.3 is 0 Å². The predicted molar refractivity (Wildman–Crippen MR) is 46.7 cm³/mol. The third-order valence-electron chi connectivity index (χ3n) is 2.28. The lowest BCUT2D eigenvalue weighted by molar-refractivity contribution is 0.0598. The van der Waals surface area contributed by atoms with Crippen LogP contribution in [0.25, 0.3) is 0 Å². The van der Waals surface area contributed by atoms with Crippen LogP contribution in [-0.2, 0) is 4.74 Å². The highest BCUT2D eigenvalue weighted by Gasteiger charge is 2.16. The van der Waals surface area contributed by atoms with Gasteiger partial charge in [0.25, 0.3) is 0 Å². The van der Waals surface area contributed by atoms with Crippen molar-refractivity contribution in [3.63, 3.8) is 0 Å². The fourth-order valence-corrected chi connectivity index (χ4v) is 1.74. The maximum atomic E-state index is 5.48. The molecule has 0 aromatic rings. The summed E-state index contributed by atoms with van der Waals surface area (Å²) in [6.45, 7) is 7.47. The van der Waals surface area contributed by atoms with E-state index in [9.17, 15) is 0 Å². The standard InChI is InChI=1S/C9H19NO/c1-3-11-8(2)6-9-4-5-10-7-9/h8-10H,3-7H2,1-2H3. The molecule has 0 bridgehead atoms. The van der Waals surface area contributed by atoms with Crippen LogP contribution in [-0.4, -0.2) is 25.8 Å². The zero-order chi connectivity index (χ0) is 8.10. The molecule has 0 amide bonds. The summed E-state index contributed by atoms with van der Waals surface area (Å²) in [6.07, 6.45) is 3.00. The molecule has 1 heterocycles. The van der Waals surface area contributed by atoms with Gasteiger partial charge in [0, 0.05) is 6.61 Å². The number of rotatable bonds is 4. The number of hydrogen-bond acceptors (Lipinski definition) is 2. The van der Waals surface area contributed by atoms with E-state index in [1.807, 2.05) is 0 Å². The van der Waals surface area contributed by atoms with E-state index in [1.165, 1.54) is 25.9 Å². The molecule has 1 saturated heterocycles. The first-order valence-electron chi connectivity index (χ1n) is 4.65. The Morgan fingerprint density at radius 2 is 2.45 bits per heavy atom. The first-order valence-corrected chi connectivity index (χ1v) is 4.65. The zero-order valence-electron chi connectivity index (χ0n) is 7.60. The van der Waals surface area contributed by atoms with Crippen molar-refractivity contribution >= 4 is 0 Å². The largest absolute Gasteiger partial charge is 0.379 e. The Kier molecular flexibility index (Phi) is 3.87. The smallest absolute Gasteiger partial charge is 0.0550 e. The molecule has 2 nitrogen and oxygen atoms in total. The third kappa shape index (κ3) is 3.21. The van der Waals surface area contributed by atoms with Crippen molar-refractivity contribution in [2.24, 2.45) is 5.92 Å². The summed E-state index contributed by atoms with van der Waals surface area (Å²) in [6, 6.07) is 0. The van der Waals surface area contributed by atoms with E-state index in [-0.39, 0.29) is 0 Å². The Labute approximate surface area is 69.3 Å². The second-order valence-electron chi connectivity index (χ2n) is 3.36. The van der Waals surface area contributed by atoms with Crippen molar-refractivity contribution in [1.82, 2.24) is 5.32 Å². The second-order valence-corrected chi connectivity index (χ2v) is 3.36. The van der Waals surface area contributed by atoms with Crippen molar-refractivity contribution in [3.8, 4) is 0 Å². The summed E-state index contributed by atoms with van der Waals surface area (Å²) in [7, 11) is 0. The molecule has 0 aliphatic carbocycles. The van der Waals surface area contributed by atoms with E-state index >= 15 is 0 Å². The summed E-state index contributed by atoms with van der Waals surface area (Å²) in [5.74, 6) is 0.858. The lowest BCUT2D eigenvalue weighted by Gasteiger charge is -2.15. The zero-order valence-corrected chi connectivity index (χ0v) is 7.60. The highest BCUT2D eigenvalue weighted by atomic mass is 16.5. The van der Waals surface area contributed by atoms with Crippen LogP contribution in [0.5, 0.6) is 0 Å². The molecule has 0 spiro atoms. The fraction of sp³-hybridized carbons (Fsp3) is 1.00. The first kappa shape index (κ1) is 9.01. The van der Waals surface area contributed by atoms with E-state index in [0.717, 1.165) is 12.5 Å². The van der Waals surface area contributed by atoms with Crippen molar-refractivity contribution < 1.29 is 4.74 Å².